The first-order valence-corrected chi connectivity index (χ1v) is 8.52. The van der Waals surface area contributed by atoms with Crippen molar-refractivity contribution in [2.24, 2.45) is 12.0 Å². The van der Waals surface area contributed by atoms with E-state index < -0.39 is 0 Å². The number of furan rings is 1. The van der Waals surface area contributed by atoms with E-state index in [0.717, 1.165) is 24.0 Å². The molecule has 25 heavy (non-hydrogen) atoms. The summed E-state index contributed by atoms with van der Waals surface area (Å²) >= 11 is 1.71. The van der Waals surface area contributed by atoms with Crippen molar-refractivity contribution in [3.8, 4) is 0 Å². The van der Waals surface area contributed by atoms with Crippen LogP contribution in [0.4, 0.5) is 0 Å². The van der Waals surface area contributed by atoms with Crippen molar-refractivity contribution < 1.29 is 4.42 Å². The molecule has 0 aliphatic carbocycles. The minimum absolute atomic E-state index is 0. The van der Waals surface area contributed by atoms with E-state index in [4.69, 9.17) is 4.42 Å². The zero-order chi connectivity index (χ0) is 16.8. The molecule has 0 saturated carbocycles. The lowest BCUT2D eigenvalue weighted by Gasteiger charge is -2.11. The first kappa shape index (κ1) is 19.4. The van der Waals surface area contributed by atoms with Crippen molar-refractivity contribution in [1.82, 2.24) is 25.4 Å². The third-order valence-corrected chi connectivity index (χ3v) is 4.46. The quantitative estimate of drug-likeness (QED) is 0.328. The predicted octanol–water partition coefficient (Wildman–Crippen LogP) is 2.83. The molecule has 0 aliphatic rings. The topological polar surface area (TPSA) is 80.3 Å². The van der Waals surface area contributed by atoms with Crippen molar-refractivity contribution in [3.63, 3.8) is 0 Å². The number of hydrogen-bond donors (Lipinski definition) is 2. The van der Waals surface area contributed by atoms with Crippen LogP contribution in [-0.2, 0) is 26.7 Å². The summed E-state index contributed by atoms with van der Waals surface area (Å²) in [6.07, 6.45) is 1.66. The van der Waals surface area contributed by atoms with Gasteiger partial charge in [-0.05, 0) is 30.5 Å². The van der Waals surface area contributed by atoms with Crippen molar-refractivity contribution in [3.05, 3.63) is 58.2 Å². The molecule has 0 spiro atoms. The molecule has 0 saturated heterocycles. The van der Waals surface area contributed by atoms with Crippen LogP contribution in [0.2, 0.25) is 0 Å². The summed E-state index contributed by atoms with van der Waals surface area (Å²) < 4.78 is 7.29. The van der Waals surface area contributed by atoms with E-state index in [-0.39, 0.29) is 24.0 Å². The number of aryl methyl sites for hydroxylation is 1. The standard InChI is InChI=1S/C16H20N6OS.HI/c1-12-20-21-15(22(12)2)11-19-16(17-9-13-5-3-7-23-13)18-10-14-6-4-8-24-14;/h3-8H,9-11H2,1-2H3,(H2,17,18,19);1H. The Morgan fingerprint density at radius 3 is 2.72 bits per heavy atom. The maximum atomic E-state index is 5.35. The molecule has 0 atom stereocenters. The molecule has 0 unspecified atom stereocenters. The van der Waals surface area contributed by atoms with Crippen LogP contribution >= 0.6 is 35.3 Å². The lowest BCUT2D eigenvalue weighted by Crippen LogP contribution is -2.36. The Bertz CT molecular complexity index is 742. The fourth-order valence-electron chi connectivity index (χ4n) is 2.08. The molecule has 0 fully saturated rings. The van der Waals surface area contributed by atoms with E-state index in [1.165, 1.54) is 4.88 Å². The Morgan fingerprint density at radius 2 is 2.08 bits per heavy atom. The van der Waals surface area contributed by atoms with Crippen LogP contribution in [0.15, 0.2) is 45.3 Å². The summed E-state index contributed by atoms with van der Waals surface area (Å²) in [7, 11) is 1.94. The number of hydrogen-bond acceptors (Lipinski definition) is 5. The largest absolute Gasteiger partial charge is 0.467 e. The molecule has 9 heteroatoms. The second kappa shape index (κ2) is 9.56. The summed E-state index contributed by atoms with van der Waals surface area (Å²) in [5.41, 5.74) is 0. The fourth-order valence-corrected chi connectivity index (χ4v) is 2.73. The van der Waals surface area contributed by atoms with Gasteiger partial charge < -0.3 is 19.6 Å². The number of aromatic nitrogens is 3. The maximum absolute atomic E-state index is 5.35. The minimum Gasteiger partial charge on any atom is -0.467 e. The minimum atomic E-state index is 0. The average Bonchev–Trinajstić information content (AvgIpc) is 3.33. The van der Waals surface area contributed by atoms with Crippen molar-refractivity contribution in [2.75, 3.05) is 0 Å². The van der Waals surface area contributed by atoms with Crippen LogP contribution < -0.4 is 10.6 Å². The summed E-state index contributed by atoms with van der Waals surface area (Å²) in [4.78, 5) is 5.85. The zero-order valence-corrected chi connectivity index (χ0v) is 17.2. The highest BCUT2D eigenvalue weighted by molar-refractivity contribution is 14.0. The zero-order valence-electron chi connectivity index (χ0n) is 14.1. The van der Waals surface area contributed by atoms with Gasteiger partial charge in [0.15, 0.2) is 11.8 Å². The molecule has 3 heterocycles. The molecule has 7 nitrogen and oxygen atoms in total. The molecule has 134 valence electrons. The molecule has 2 N–H and O–H groups in total. The van der Waals surface area contributed by atoms with Gasteiger partial charge in [-0.25, -0.2) is 4.99 Å². The first-order chi connectivity index (χ1) is 11.7. The molecule has 0 radical (unpaired) electrons. The molecule has 0 aromatic carbocycles. The van der Waals surface area contributed by atoms with Gasteiger partial charge in [-0.1, -0.05) is 6.07 Å². The van der Waals surface area contributed by atoms with E-state index in [1.54, 1.807) is 17.6 Å². The lowest BCUT2D eigenvalue weighted by atomic mass is 10.4. The predicted molar refractivity (Wildman–Crippen MR) is 109 cm³/mol. The third kappa shape index (κ3) is 5.56. The maximum Gasteiger partial charge on any atom is 0.192 e. The molecule has 0 aliphatic heterocycles. The van der Waals surface area contributed by atoms with Gasteiger partial charge in [0.2, 0.25) is 0 Å². The van der Waals surface area contributed by atoms with Crippen LogP contribution in [0.5, 0.6) is 0 Å². The van der Waals surface area contributed by atoms with E-state index in [0.29, 0.717) is 19.0 Å². The van der Waals surface area contributed by atoms with Gasteiger partial charge in [-0.15, -0.1) is 45.5 Å². The van der Waals surface area contributed by atoms with Gasteiger partial charge in [0.05, 0.1) is 19.4 Å². The highest BCUT2D eigenvalue weighted by Crippen LogP contribution is 2.07. The Morgan fingerprint density at radius 1 is 1.24 bits per heavy atom. The molecule has 3 aromatic heterocycles. The lowest BCUT2D eigenvalue weighted by molar-refractivity contribution is 0.501. The Kier molecular flexibility index (Phi) is 7.44. The summed E-state index contributed by atoms with van der Waals surface area (Å²) in [6.45, 7) is 3.67. The smallest absolute Gasteiger partial charge is 0.192 e. The van der Waals surface area contributed by atoms with Gasteiger partial charge in [0.1, 0.15) is 18.1 Å². The average molecular weight is 472 g/mol. The van der Waals surface area contributed by atoms with Crippen LogP contribution in [-0.4, -0.2) is 20.7 Å². The molecule has 3 rings (SSSR count). The number of halogens is 1. The fraction of sp³-hybridized carbons (Fsp3) is 0.312. The summed E-state index contributed by atoms with van der Waals surface area (Å²) in [5, 5.41) is 16.9. The van der Waals surface area contributed by atoms with Crippen LogP contribution in [0.25, 0.3) is 0 Å². The Hall–Kier alpha value is -1.88. The highest BCUT2D eigenvalue weighted by Gasteiger charge is 2.06. The van der Waals surface area contributed by atoms with E-state index in [1.807, 2.05) is 36.7 Å². The van der Waals surface area contributed by atoms with Gasteiger partial charge in [-0.2, -0.15) is 0 Å². The Balaban J connectivity index is 0.00000225. The third-order valence-electron chi connectivity index (χ3n) is 3.58. The summed E-state index contributed by atoms with van der Waals surface area (Å²) in [5.74, 6) is 3.26. The number of guanidine groups is 1. The molecular weight excluding hydrogens is 451 g/mol. The number of aliphatic imine (C=N–C) groups is 1. The number of nitrogens with one attached hydrogen (secondary N) is 2. The van der Waals surface area contributed by atoms with Gasteiger partial charge in [0, 0.05) is 11.9 Å². The molecule has 0 amide bonds. The second-order valence-electron chi connectivity index (χ2n) is 5.25. The van der Waals surface area contributed by atoms with Gasteiger partial charge in [0.25, 0.3) is 0 Å². The van der Waals surface area contributed by atoms with Crippen molar-refractivity contribution in [2.45, 2.75) is 26.6 Å². The van der Waals surface area contributed by atoms with E-state index >= 15 is 0 Å². The molecular formula is C16H21IN6OS. The summed E-state index contributed by atoms with van der Waals surface area (Å²) in [6, 6.07) is 7.93. The molecule has 3 aromatic rings. The number of rotatable bonds is 6. The SMILES string of the molecule is Cc1nnc(CN=C(NCc2ccco2)NCc2cccs2)n1C.I. The van der Waals surface area contributed by atoms with Crippen molar-refractivity contribution >= 4 is 41.3 Å². The second-order valence-corrected chi connectivity index (χ2v) is 6.29. The van der Waals surface area contributed by atoms with E-state index in [9.17, 15) is 0 Å². The Labute approximate surface area is 167 Å². The monoisotopic (exact) mass is 472 g/mol. The highest BCUT2D eigenvalue weighted by atomic mass is 127. The first-order valence-electron chi connectivity index (χ1n) is 7.64. The number of nitrogens with zero attached hydrogens (tertiary/aromatic N) is 4. The van der Waals surface area contributed by atoms with Gasteiger partial charge in [-0.3, -0.25) is 0 Å². The van der Waals surface area contributed by atoms with Crippen LogP contribution in [0.3, 0.4) is 0 Å². The normalized spacial score (nSPS) is 11.2. The number of thiophene rings is 1. The van der Waals surface area contributed by atoms with E-state index in [2.05, 4.69) is 37.3 Å². The van der Waals surface area contributed by atoms with Gasteiger partial charge >= 0.3 is 0 Å². The van der Waals surface area contributed by atoms with Crippen molar-refractivity contribution in [1.29, 1.82) is 0 Å². The van der Waals surface area contributed by atoms with Crippen LogP contribution in [0.1, 0.15) is 22.3 Å². The van der Waals surface area contributed by atoms with Crippen LogP contribution in [0, 0.1) is 6.92 Å². The molecule has 0 bridgehead atoms.